The van der Waals surface area contributed by atoms with E-state index in [1.54, 1.807) is 12.4 Å². The maximum Gasteiger partial charge on any atom is 0.246 e. The molecule has 0 spiro atoms. The van der Waals surface area contributed by atoms with Crippen LogP contribution in [0.4, 0.5) is 0 Å². The number of carbonyl (C=O) groups is 1. The predicted octanol–water partition coefficient (Wildman–Crippen LogP) is 2.07. The van der Waals surface area contributed by atoms with Gasteiger partial charge in [-0.2, -0.15) is 0 Å². The van der Waals surface area contributed by atoms with Gasteiger partial charge in [-0.05, 0) is 39.3 Å². The number of aromatic nitrogens is 1. The van der Waals surface area contributed by atoms with Crippen LogP contribution >= 0.6 is 0 Å². The van der Waals surface area contributed by atoms with Crippen molar-refractivity contribution in [3.63, 3.8) is 0 Å². The van der Waals surface area contributed by atoms with Gasteiger partial charge in [0.15, 0.2) is 0 Å². The van der Waals surface area contributed by atoms with Gasteiger partial charge in [-0.3, -0.25) is 9.78 Å². The van der Waals surface area contributed by atoms with Crippen molar-refractivity contribution in [3.8, 4) is 0 Å². The van der Waals surface area contributed by atoms with Crippen LogP contribution in [0.2, 0.25) is 0 Å². The highest BCUT2D eigenvalue weighted by atomic mass is 16.5. The molecule has 0 radical (unpaired) electrons. The maximum absolute atomic E-state index is 11.6. The first-order valence-corrected chi connectivity index (χ1v) is 5.72. The van der Waals surface area contributed by atoms with E-state index in [1.807, 2.05) is 39.8 Å². The van der Waals surface area contributed by atoms with Crippen LogP contribution in [0.25, 0.3) is 0 Å². The van der Waals surface area contributed by atoms with Crippen molar-refractivity contribution < 1.29 is 9.53 Å². The van der Waals surface area contributed by atoms with Gasteiger partial charge < -0.3 is 10.1 Å². The third-order valence-corrected chi connectivity index (χ3v) is 2.20. The van der Waals surface area contributed by atoms with Crippen LogP contribution in [0.3, 0.4) is 0 Å². The summed E-state index contributed by atoms with van der Waals surface area (Å²) in [4.78, 5) is 15.6. The summed E-state index contributed by atoms with van der Waals surface area (Å²) in [5, 5.41) is 2.86. The topological polar surface area (TPSA) is 51.2 Å². The lowest BCUT2D eigenvalue weighted by Gasteiger charge is -2.20. The summed E-state index contributed by atoms with van der Waals surface area (Å²) < 4.78 is 5.40. The number of pyridine rings is 1. The molecule has 17 heavy (non-hydrogen) atoms. The molecular formula is C13H20N2O2. The van der Waals surface area contributed by atoms with Crippen LogP contribution < -0.4 is 5.32 Å². The normalized spacial score (nSPS) is 13.2. The first kappa shape index (κ1) is 13.6. The molecular weight excluding hydrogens is 216 g/mol. The second kappa shape index (κ2) is 5.77. The Morgan fingerprint density at radius 1 is 1.53 bits per heavy atom. The Morgan fingerprint density at radius 3 is 2.76 bits per heavy atom. The van der Waals surface area contributed by atoms with E-state index in [1.165, 1.54) is 0 Å². The van der Waals surface area contributed by atoms with E-state index in [0.29, 0.717) is 0 Å². The highest BCUT2D eigenvalue weighted by Gasteiger charge is 2.14. The minimum Gasteiger partial charge on any atom is -0.366 e. The van der Waals surface area contributed by atoms with E-state index in [0.717, 1.165) is 5.56 Å². The van der Waals surface area contributed by atoms with E-state index in [2.05, 4.69) is 10.3 Å². The average molecular weight is 236 g/mol. The monoisotopic (exact) mass is 236 g/mol. The van der Waals surface area contributed by atoms with Crippen molar-refractivity contribution in [1.29, 1.82) is 0 Å². The van der Waals surface area contributed by atoms with Crippen LogP contribution in [0.5, 0.6) is 0 Å². The zero-order valence-electron chi connectivity index (χ0n) is 10.9. The molecule has 0 aliphatic rings. The van der Waals surface area contributed by atoms with Gasteiger partial charge in [0, 0.05) is 12.4 Å². The molecule has 1 atom stereocenters. The zero-order chi connectivity index (χ0) is 12.9. The summed E-state index contributed by atoms with van der Waals surface area (Å²) in [5.41, 5.74) is 0.686. The Balaban J connectivity index is 2.42. The molecule has 1 amide bonds. The lowest BCUT2D eigenvalue weighted by atomic mass is 10.1. The van der Waals surface area contributed by atoms with Crippen molar-refractivity contribution in [2.75, 3.05) is 6.61 Å². The van der Waals surface area contributed by atoms with Crippen molar-refractivity contribution in [2.45, 2.75) is 39.3 Å². The second-order valence-corrected chi connectivity index (χ2v) is 4.98. The molecule has 1 aromatic rings. The number of nitrogens with one attached hydrogen (secondary N) is 1. The first-order chi connectivity index (χ1) is 7.88. The molecule has 4 heteroatoms. The Labute approximate surface area is 102 Å². The maximum atomic E-state index is 11.6. The molecule has 0 unspecified atom stereocenters. The Bertz CT molecular complexity index is 357. The molecule has 0 aromatic carbocycles. The van der Waals surface area contributed by atoms with Gasteiger partial charge in [-0.25, -0.2) is 0 Å². The summed E-state index contributed by atoms with van der Waals surface area (Å²) in [7, 11) is 0. The lowest BCUT2D eigenvalue weighted by molar-refractivity contribution is -0.131. The van der Waals surface area contributed by atoms with Gasteiger partial charge in [0.05, 0.1) is 11.6 Å². The van der Waals surface area contributed by atoms with E-state index in [4.69, 9.17) is 4.74 Å². The van der Waals surface area contributed by atoms with Gasteiger partial charge >= 0.3 is 0 Å². The molecule has 4 nitrogen and oxygen atoms in total. The molecule has 0 saturated carbocycles. The number of rotatable bonds is 4. The van der Waals surface area contributed by atoms with Crippen LogP contribution in [0.1, 0.15) is 39.3 Å². The quantitative estimate of drug-likeness (QED) is 0.870. The smallest absolute Gasteiger partial charge is 0.246 e. The third-order valence-electron chi connectivity index (χ3n) is 2.20. The summed E-state index contributed by atoms with van der Waals surface area (Å²) >= 11 is 0. The van der Waals surface area contributed by atoms with E-state index >= 15 is 0 Å². The molecule has 94 valence electrons. The molecule has 1 heterocycles. The van der Waals surface area contributed by atoms with Crippen LogP contribution in [0.15, 0.2) is 24.5 Å². The van der Waals surface area contributed by atoms with Gasteiger partial charge in [0.25, 0.3) is 0 Å². The van der Waals surface area contributed by atoms with Gasteiger partial charge in [-0.15, -0.1) is 0 Å². The van der Waals surface area contributed by atoms with E-state index in [-0.39, 0.29) is 24.2 Å². The Kier molecular flexibility index (Phi) is 4.63. The average Bonchev–Trinajstić information content (AvgIpc) is 2.27. The molecule has 1 N–H and O–H groups in total. The Hall–Kier alpha value is -1.42. The number of hydrogen-bond donors (Lipinski definition) is 1. The molecule has 1 aromatic heterocycles. The Morgan fingerprint density at radius 2 is 2.24 bits per heavy atom. The second-order valence-electron chi connectivity index (χ2n) is 4.98. The van der Waals surface area contributed by atoms with E-state index in [9.17, 15) is 4.79 Å². The number of nitrogens with zero attached hydrogens (tertiary/aromatic N) is 1. The molecule has 0 fully saturated rings. The number of amides is 1. The highest BCUT2D eigenvalue weighted by Crippen LogP contribution is 2.10. The first-order valence-electron chi connectivity index (χ1n) is 5.72. The molecule has 0 aliphatic heterocycles. The summed E-state index contributed by atoms with van der Waals surface area (Å²) in [6.07, 6.45) is 3.45. The number of carbonyl (C=O) groups excluding carboxylic acids is 1. The molecule has 0 saturated heterocycles. The standard InChI is InChI=1S/C13H20N2O2/c1-10(11-6-5-7-14-8-11)15-12(16)9-17-13(2,3)4/h5-8,10H,9H2,1-4H3,(H,15,16)/t10-/m1/s1. The minimum atomic E-state index is -0.297. The fourth-order valence-corrected chi connectivity index (χ4v) is 1.28. The van der Waals surface area contributed by atoms with Crippen molar-refractivity contribution in [2.24, 2.45) is 0 Å². The molecule has 0 aliphatic carbocycles. The van der Waals surface area contributed by atoms with Crippen LogP contribution in [-0.2, 0) is 9.53 Å². The van der Waals surface area contributed by atoms with Crippen LogP contribution in [0, 0.1) is 0 Å². The predicted molar refractivity (Wildman–Crippen MR) is 66.5 cm³/mol. The highest BCUT2D eigenvalue weighted by molar-refractivity contribution is 5.77. The van der Waals surface area contributed by atoms with Gasteiger partial charge in [0.1, 0.15) is 6.61 Å². The van der Waals surface area contributed by atoms with Gasteiger partial charge in [0.2, 0.25) is 5.91 Å². The summed E-state index contributed by atoms with van der Waals surface area (Å²) in [6.45, 7) is 7.76. The van der Waals surface area contributed by atoms with Crippen LogP contribution in [-0.4, -0.2) is 23.1 Å². The largest absolute Gasteiger partial charge is 0.366 e. The summed E-state index contributed by atoms with van der Waals surface area (Å²) in [6, 6.07) is 3.73. The fraction of sp³-hybridized carbons (Fsp3) is 0.538. The SMILES string of the molecule is C[C@@H](NC(=O)COC(C)(C)C)c1cccnc1. The van der Waals surface area contributed by atoms with Crippen molar-refractivity contribution >= 4 is 5.91 Å². The fourth-order valence-electron chi connectivity index (χ4n) is 1.28. The third kappa shape index (κ3) is 5.45. The van der Waals surface area contributed by atoms with E-state index < -0.39 is 0 Å². The van der Waals surface area contributed by atoms with Crippen molar-refractivity contribution in [1.82, 2.24) is 10.3 Å². The van der Waals surface area contributed by atoms with Gasteiger partial charge in [-0.1, -0.05) is 6.07 Å². The van der Waals surface area contributed by atoms with Crippen molar-refractivity contribution in [3.05, 3.63) is 30.1 Å². The number of hydrogen-bond acceptors (Lipinski definition) is 3. The minimum absolute atomic E-state index is 0.0558. The summed E-state index contributed by atoms with van der Waals surface area (Å²) in [5.74, 6) is -0.115. The molecule has 1 rings (SSSR count). The zero-order valence-corrected chi connectivity index (χ0v) is 10.9. The lowest BCUT2D eigenvalue weighted by Crippen LogP contribution is -2.33. The molecule has 0 bridgehead atoms. The number of ether oxygens (including phenoxy) is 1.